The zero-order valence-corrected chi connectivity index (χ0v) is 14.9. The number of anilines is 1. The molecule has 132 valence electrons. The lowest BCUT2D eigenvalue weighted by molar-refractivity contribution is -0.117. The summed E-state index contributed by atoms with van der Waals surface area (Å²) in [6, 6.07) is 7.71. The Morgan fingerprint density at radius 3 is 2.40 bits per heavy atom. The molecule has 0 aliphatic heterocycles. The number of hydrogen-bond acceptors (Lipinski definition) is 3. The molecule has 0 fully saturated rings. The standard InChI is InChI=1S/C17H15Cl2FN2O3/c1-9(16(23)22-13-6-4-3-5-12(13)20)21-17(24)14-10(18)7-8-11(19)15(14)25-2/h3-9H,1-2H3,(H,21,24)(H,22,23). The molecule has 0 saturated carbocycles. The lowest BCUT2D eigenvalue weighted by Gasteiger charge is -2.17. The van der Waals surface area contributed by atoms with E-state index in [1.54, 1.807) is 6.07 Å². The van der Waals surface area contributed by atoms with Crippen LogP contribution in [0.25, 0.3) is 0 Å². The molecule has 5 nitrogen and oxygen atoms in total. The molecular weight excluding hydrogens is 370 g/mol. The maximum absolute atomic E-state index is 13.6. The average molecular weight is 385 g/mol. The van der Waals surface area contributed by atoms with Crippen molar-refractivity contribution < 1.29 is 18.7 Å². The molecule has 0 radical (unpaired) electrons. The Morgan fingerprint density at radius 1 is 1.12 bits per heavy atom. The van der Waals surface area contributed by atoms with E-state index in [1.807, 2.05) is 0 Å². The minimum Gasteiger partial charge on any atom is -0.494 e. The third kappa shape index (κ3) is 4.41. The average Bonchev–Trinajstić information content (AvgIpc) is 2.58. The molecule has 2 N–H and O–H groups in total. The van der Waals surface area contributed by atoms with Crippen LogP contribution in [-0.2, 0) is 4.79 Å². The van der Waals surface area contributed by atoms with Gasteiger partial charge in [0.2, 0.25) is 5.91 Å². The van der Waals surface area contributed by atoms with Gasteiger partial charge in [-0.05, 0) is 31.2 Å². The molecule has 0 spiro atoms. The second kappa shape index (κ2) is 8.18. The van der Waals surface area contributed by atoms with Crippen LogP contribution in [0.5, 0.6) is 5.75 Å². The van der Waals surface area contributed by atoms with Gasteiger partial charge in [0.15, 0.2) is 5.75 Å². The van der Waals surface area contributed by atoms with Gasteiger partial charge < -0.3 is 15.4 Å². The number of rotatable bonds is 5. The van der Waals surface area contributed by atoms with Gasteiger partial charge in [-0.1, -0.05) is 35.3 Å². The summed E-state index contributed by atoms with van der Waals surface area (Å²) in [5.41, 5.74) is 0.0363. The monoisotopic (exact) mass is 384 g/mol. The van der Waals surface area contributed by atoms with E-state index in [2.05, 4.69) is 10.6 Å². The summed E-state index contributed by atoms with van der Waals surface area (Å²) in [5, 5.41) is 5.22. The minimum atomic E-state index is -0.952. The summed E-state index contributed by atoms with van der Waals surface area (Å²) < 4.78 is 18.7. The van der Waals surface area contributed by atoms with Gasteiger partial charge in [0.25, 0.3) is 5.91 Å². The van der Waals surface area contributed by atoms with Gasteiger partial charge in [0, 0.05) is 0 Å². The molecule has 2 amide bonds. The molecule has 0 heterocycles. The van der Waals surface area contributed by atoms with Gasteiger partial charge in [0.1, 0.15) is 17.4 Å². The van der Waals surface area contributed by atoms with Crippen molar-refractivity contribution in [1.82, 2.24) is 5.32 Å². The lowest BCUT2D eigenvalue weighted by atomic mass is 10.1. The van der Waals surface area contributed by atoms with Gasteiger partial charge >= 0.3 is 0 Å². The van der Waals surface area contributed by atoms with Crippen LogP contribution in [0.1, 0.15) is 17.3 Å². The first-order valence-electron chi connectivity index (χ1n) is 7.23. The molecule has 0 aromatic heterocycles. The number of carbonyl (C=O) groups excluding carboxylic acids is 2. The number of ether oxygens (including phenoxy) is 1. The Labute approximate surface area is 154 Å². The van der Waals surface area contributed by atoms with Gasteiger partial charge in [-0.2, -0.15) is 0 Å². The van der Waals surface area contributed by atoms with Crippen LogP contribution < -0.4 is 15.4 Å². The van der Waals surface area contributed by atoms with E-state index in [-0.39, 0.29) is 27.0 Å². The fraction of sp³-hybridized carbons (Fsp3) is 0.176. The van der Waals surface area contributed by atoms with Crippen LogP contribution in [0, 0.1) is 5.82 Å². The number of methoxy groups -OCH3 is 1. The van der Waals surface area contributed by atoms with E-state index in [4.69, 9.17) is 27.9 Å². The second-order valence-electron chi connectivity index (χ2n) is 5.10. The Balaban J connectivity index is 2.14. The van der Waals surface area contributed by atoms with Crippen LogP contribution in [0.2, 0.25) is 10.0 Å². The van der Waals surface area contributed by atoms with E-state index in [9.17, 15) is 14.0 Å². The SMILES string of the molecule is COc1c(Cl)ccc(Cl)c1C(=O)NC(C)C(=O)Nc1ccccc1F. The van der Waals surface area contributed by atoms with Crippen molar-refractivity contribution >= 4 is 40.7 Å². The van der Waals surface area contributed by atoms with Crippen LogP contribution >= 0.6 is 23.2 Å². The van der Waals surface area contributed by atoms with Gasteiger partial charge in [-0.25, -0.2) is 4.39 Å². The van der Waals surface area contributed by atoms with Crippen LogP contribution in [0.4, 0.5) is 10.1 Å². The van der Waals surface area contributed by atoms with Crippen molar-refractivity contribution in [3.8, 4) is 5.75 Å². The van der Waals surface area contributed by atoms with Crippen molar-refractivity contribution in [2.24, 2.45) is 0 Å². The zero-order chi connectivity index (χ0) is 18.6. The summed E-state index contributed by atoms with van der Waals surface area (Å²) in [4.78, 5) is 24.6. The number of benzene rings is 2. The summed E-state index contributed by atoms with van der Waals surface area (Å²) in [6.07, 6.45) is 0. The third-order valence-electron chi connectivity index (χ3n) is 3.36. The smallest absolute Gasteiger partial charge is 0.257 e. The number of amides is 2. The Morgan fingerprint density at radius 2 is 1.76 bits per heavy atom. The van der Waals surface area contributed by atoms with E-state index in [1.165, 1.54) is 44.4 Å². The normalized spacial score (nSPS) is 11.6. The quantitative estimate of drug-likeness (QED) is 0.821. The largest absolute Gasteiger partial charge is 0.494 e. The molecule has 0 aliphatic rings. The fourth-order valence-electron chi connectivity index (χ4n) is 2.08. The molecule has 0 aliphatic carbocycles. The molecule has 25 heavy (non-hydrogen) atoms. The highest BCUT2D eigenvalue weighted by Crippen LogP contribution is 2.33. The van der Waals surface area contributed by atoms with Crippen LogP contribution in [0.15, 0.2) is 36.4 Å². The second-order valence-corrected chi connectivity index (χ2v) is 5.92. The van der Waals surface area contributed by atoms with Gasteiger partial charge in [-0.3, -0.25) is 9.59 Å². The van der Waals surface area contributed by atoms with Crippen LogP contribution in [0.3, 0.4) is 0 Å². The third-order valence-corrected chi connectivity index (χ3v) is 3.98. The van der Waals surface area contributed by atoms with Gasteiger partial charge in [-0.15, -0.1) is 0 Å². The molecule has 1 unspecified atom stereocenters. The minimum absolute atomic E-state index is 0.0159. The van der Waals surface area contributed by atoms with E-state index in [0.29, 0.717) is 0 Å². The van der Waals surface area contributed by atoms with Crippen molar-refractivity contribution in [3.63, 3.8) is 0 Å². The predicted molar refractivity (Wildman–Crippen MR) is 95.0 cm³/mol. The zero-order valence-electron chi connectivity index (χ0n) is 13.4. The first-order valence-corrected chi connectivity index (χ1v) is 7.99. The van der Waals surface area contributed by atoms with Crippen LogP contribution in [-0.4, -0.2) is 25.0 Å². The van der Waals surface area contributed by atoms with E-state index < -0.39 is 23.7 Å². The molecule has 0 saturated heterocycles. The van der Waals surface area contributed by atoms with Crippen molar-refractivity contribution in [3.05, 3.63) is 57.8 Å². The van der Waals surface area contributed by atoms with E-state index >= 15 is 0 Å². The summed E-state index contributed by atoms with van der Waals surface area (Å²) in [5.74, 6) is -1.70. The highest BCUT2D eigenvalue weighted by molar-refractivity contribution is 6.37. The maximum atomic E-state index is 13.6. The van der Waals surface area contributed by atoms with E-state index in [0.717, 1.165) is 0 Å². The molecule has 2 aromatic carbocycles. The molecule has 2 rings (SSSR count). The molecular formula is C17H15Cl2FN2O3. The molecule has 8 heteroatoms. The topological polar surface area (TPSA) is 67.4 Å². The summed E-state index contributed by atoms with van der Waals surface area (Å²) in [7, 11) is 1.35. The number of halogens is 3. The fourth-order valence-corrected chi connectivity index (χ4v) is 2.55. The molecule has 0 bridgehead atoms. The number of nitrogens with one attached hydrogen (secondary N) is 2. The Hall–Kier alpha value is -2.31. The van der Waals surface area contributed by atoms with Crippen molar-refractivity contribution in [2.75, 3.05) is 12.4 Å². The summed E-state index contributed by atoms with van der Waals surface area (Å²) in [6.45, 7) is 1.46. The highest BCUT2D eigenvalue weighted by Gasteiger charge is 2.23. The maximum Gasteiger partial charge on any atom is 0.257 e. The lowest BCUT2D eigenvalue weighted by Crippen LogP contribution is -2.42. The van der Waals surface area contributed by atoms with Gasteiger partial charge in [0.05, 0.1) is 22.8 Å². The predicted octanol–water partition coefficient (Wildman–Crippen LogP) is 3.90. The van der Waals surface area contributed by atoms with Crippen molar-refractivity contribution in [2.45, 2.75) is 13.0 Å². The first-order chi connectivity index (χ1) is 11.8. The highest BCUT2D eigenvalue weighted by atomic mass is 35.5. The number of para-hydroxylation sites is 1. The summed E-state index contributed by atoms with van der Waals surface area (Å²) >= 11 is 12.0. The van der Waals surface area contributed by atoms with Crippen molar-refractivity contribution in [1.29, 1.82) is 0 Å². The molecule has 2 aromatic rings. The Kier molecular flexibility index (Phi) is 6.22. The number of carbonyl (C=O) groups is 2. The Bertz CT molecular complexity index is 814. The molecule has 1 atom stereocenters. The first kappa shape index (κ1) is 19.0. The number of hydrogen-bond donors (Lipinski definition) is 2.